The van der Waals surface area contributed by atoms with Crippen LogP contribution in [-0.2, 0) is 6.54 Å². The number of fused-ring (bicyclic) bond motifs is 1. The molecular formula is C10H13N3. The lowest BCUT2D eigenvalue weighted by Crippen LogP contribution is -2.04. The largest absolute Gasteiger partial charge is 0.346 e. The minimum absolute atomic E-state index is 0.736. The van der Waals surface area contributed by atoms with E-state index in [4.69, 9.17) is 5.73 Å². The van der Waals surface area contributed by atoms with E-state index in [0.717, 1.165) is 19.5 Å². The first-order chi connectivity index (χ1) is 6.42. The number of rotatable bonds is 3. The van der Waals surface area contributed by atoms with E-state index in [1.54, 1.807) is 0 Å². The first-order valence-electron chi connectivity index (χ1n) is 4.51. The Kier molecular flexibility index (Phi) is 2.27. The Morgan fingerprint density at radius 2 is 2.31 bits per heavy atom. The average molecular weight is 175 g/mol. The Labute approximate surface area is 77.2 Å². The van der Waals surface area contributed by atoms with Crippen molar-refractivity contribution in [2.24, 2.45) is 5.73 Å². The van der Waals surface area contributed by atoms with E-state index < -0.39 is 0 Å². The predicted molar refractivity (Wildman–Crippen MR) is 53.4 cm³/mol. The predicted octanol–water partition coefficient (Wildman–Crippen LogP) is 1.39. The van der Waals surface area contributed by atoms with Gasteiger partial charge in [0.1, 0.15) is 0 Å². The summed E-state index contributed by atoms with van der Waals surface area (Å²) in [6.07, 6.45) is 6.81. The fraction of sp³-hybridized carbons (Fsp3) is 0.300. The van der Waals surface area contributed by atoms with Crippen molar-refractivity contribution in [1.82, 2.24) is 9.55 Å². The van der Waals surface area contributed by atoms with Crippen LogP contribution in [0.3, 0.4) is 0 Å². The van der Waals surface area contributed by atoms with E-state index in [0.29, 0.717) is 0 Å². The lowest BCUT2D eigenvalue weighted by atomic mass is 10.3. The Morgan fingerprint density at radius 3 is 3.15 bits per heavy atom. The van der Waals surface area contributed by atoms with E-state index in [1.165, 1.54) is 10.9 Å². The summed E-state index contributed by atoms with van der Waals surface area (Å²) >= 11 is 0. The molecule has 0 saturated carbocycles. The van der Waals surface area contributed by atoms with Crippen LogP contribution in [0.1, 0.15) is 6.42 Å². The third-order valence-electron chi connectivity index (χ3n) is 2.18. The number of nitrogens with two attached hydrogens (primary N) is 1. The molecule has 0 atom stereocenters. The normalized spacial score (nSPS) is 10.8. The van der Waals surface area contributed by atoms with Crippen LogP contribution in [0, 0.1) is 0 Å². The van der Waals surface area contributed by atoms with Gasteiger partial charge in [-0.1, -0.05) is 0 Å². The Balaban J connectivity index is 2.35. The highest BCUT2D eigenvalue weighted by atomic mass is 15.0. The molecule has 2 heterocycles. The van der Waals surface area contributed by atoms with Crippen molar-refractivity contribution in [2.75, 3.05) is 6.54 Å². The summed E-state index contributed by atoms with van der Waals surface area (Å²) in [5.41, 5.74) is 6.65. The summed E-state index contributed by atoms with van der Waals surface area (Å²) in [7, 11) is 0. The van der Waals surface area contributed by atoms with Crippen molar-refractivity contribution in [3.8, 4) is 0 Å². The molecule has 0 saturated heterocycles. The second-order valence-electron chi connectivity index (χ2n) is 3.09. The summed E-state index contributed by atoms with van der Waals surface area (Å²) in [6.45, 7) is 1.71. The number of aromatic nitrogens is 2. The van der Waals surface area contributed by atoms with Gasteiger partial charge in [0.25, 0.3) is 0 Å². The Morgan fingerprint density at radius 1 is 1.38 bits per heavy atom. The van der Waals surface area contributed by atoms with E-state index in [9.17, 15) is 0 Å². The fourth-order valence-corrected chi connectivity index (χ4v) is 1.48. The molecule has 0 radical (unpaired) electrons. The van der Waals surface area contributed by atoms with Crippen LogP contribution in [0.15, 0.2) is 30.7 Å². The molecule has 0 aliphatic heterocycles. The van der Waals surface area contributed by atoms with Crippen molar-refractivity contribution in [2.45, 2.75) is 13.0 Å². The van der Waals surface area contributed by atoms with Gasteiger partial charge in [-0.05, 0) is 25.1 Å². The van der Waals surface area contributed by atoms with Gasteiger partial charge in [-0.2, -0.15) is 0 Å². The van der Waals surface area contributed by atoms with Gasteiger partial charge in [0, 0.05) is 24.3 Å². The van der Waals surface area contributed by atoms with Crippen molar-refractivity contribution in [3.05, 3.63) is 30.7 Å². The maximum absolute atomic E-state index is 5.46. The molecule has 0 fully saturated rings. The summed E-state index contributed by atoms with van der Waals surface area (Å²) in [5.74, 6) is 0. The lowest BCUT2D eigenvalue weighted by Gasteiger charge is -2.02. The number of nitrogens with zero attached hydrogens (tertiary/aromatic N) is 2. The molecule has 0 aliphatic rings. The minimum atomic E-state index is 0.736. The molecule has 0 spiro atoms. The molecule has 0 aromatic carbocycles. The van der Waals surface area contributed by atoms with E-state index in [-0.39, 0.29) is 0 Å². The van der Waals surface area contributed by atoms with Gasteiger partial charge in [0.05, 0.1) is 11.7 Å². The first kappa shape index (κ1) is 8.26. The zero-order valence-electron chi connectivity index (χ0n) is 7.48. The van der Waals surface area contributed by atoms with E-state index in [2.05, 4.69) is 21.8 Å². The summed E-state index contributed by atoms with van der Waals surface area (Å²) < 4.78 is 2.19. The molecule has 0 aliphatic carbocycles. The molecule has 68 valence electrons. The molecule has 2 aromatic heterocycles. The van der Waals surface area contributed by atoms with Gasteiger partial charge in [-0.25, -0.2) is 0 Å². The van der Waals surface area contributed by atoms with Gasteiger partial charge in [-0.15, -0.1) is 0 Å². The maximum Gasteiger partial charge on any atom is 0.0666 e. The first-order valence-corrected chi connectivity index (χ1v) is 4.51. The molecule has 3 nitrogen and oxygen atoms in total. The molecule has 0 bridgehead atoms. The summed E-state index contributed by atoms with van der Waals surface area (Å²) in [6, 6.07) is 4.13. The third-order valence-corrected chi connectivity index (χ3v) is 2.18. The van der Waals surface area contributed by atoms with Crippen molar-refractivity contribution < 1.29 is 0 Å². The van der Waals surface area contributed by atoms with Crippen LogP contribution < -0.4 is 5.73 Å². The Hall–Kier alpha value is -1.35. The second kappa shape index (κ2) is 3.58. The van der Waals surface area contributed by atoms with Crippen molar-refractivity contribution in [3.63, 3.8) is 0 Å². The molecule has 2 rings (SSSR count). The van der Waals surface area contributed by atoms with Gasteiger partial charge in [0.2, 0.25) is 0 Å². The van der Waals surface area contributed by atoms with Gasteiger partial charge >= 0.3 is 0 Å². The van der Waals surface area contributed by atoms with Crippen LogP contribution in [-0.4, -0.2) is 16.1 Å². The zero-order valence-corrected chi connectivity index (χ0v) is 7.48. The number of pyridine rings is 1. The highest BCUT2D eigenvalue weighted by Crippen LogP contribution is 2.13. The monoisotopic (exact) mass is 175 g/mol. The second-order valence-corrected chi connectivity index (χ2v) is 3.09. The topological polar surface area (TPSA) is 43.8 Å². The van der Waals surface area contributed by atoms with Crippen molar-refractivity contribution in [1.29, 1.82) is 0 Å². The number of aryl methyl sites for hydroxylation is 1. The number of hydrogen-bond acceptors (Lipinski definition) is 2. The fourth-order valence-electron chi connectivity index (χ4n) is 1.48. The van der Waals surface area contributed by atoms with Crippen LogP contribution >= 0.6 is 0 Å². The van der Waals surface area contributed by atoms with Crippen LogP contribution in [0.5, 0.6) is 0 Å². The highest BCUT2D eigenvalue weighted by molar-refractivity contribution is 5.78. The number of hydrogen-bond donors (Lipinski definition) is 1. The quantitative estimate of drug-likeness (QED) is 0.766. The van der Waals surface area contributed by atoms with Gasteiger partial charge < -0.3 is 10.3 Å². The molecule has 2 aromatic rings. The van der Waals surface area contributed by atoms with Crippen LogP contribution in [0.4, 0.5) is 0 Å². The Bertz CT molecular complexity index is 392. The molecule has 0 unspecified atom stereocenters. The maximum atomic E-state index is 5.46. The third kappa shape index (κ3) is 1.55. The molecular weight excluding hydrogens is 162 g/mol. The summed E-state index contributed by atoms with van der Waals surface area (Å²) in [5, 5.41) is 1.24. The van der Waals surface area contributed by atoms with E-state index >= 15 is 0 Å². The highest BCUT2D eigenvalue weighted by Gasteiger charge is 1.98. The SMILES string of the molecule is NCCCn1ccc2ccncc21. The molecule has 3 heteroatoms. The van der Waals surface area contributed by atoms with Crippen LogP contribution in [0.2, 0.25) is 0 Å². The van der Waals surface area contributed by atoms with Gasteiger partial charge in [0.15, 0.2) is 0 Å². The average Bonchev–Trinajstić information content (AvgIpc) is 2.58. The standard InChI is InChI=1S/C10H13N3/c11-4-1-6-13-7-3-9-2-5-12-8-10(9)13/h2-3,5,7-8H,1,4,6,11H2. The summed E-state index contributed by atoms with van der Waals surface area (Å²) in [4.78, 5) is 4.10. The molecule has 0 amide bonds. The van der Waals surface area contributed by atoms with Crippen molar-refractivity contribution >= 4 is 10.9 Å². The van der Waals surface area contributed by atoms with E-state index in [1.807, 2.05) is 18.5 Å². The smallest absolute Gasteiger partial charge is 0.0666 e. The molecule has 2 N–H and O–H groups in total. The molecule has 13 heavy (non-hydrogen) atoms. The van der Waals surface area contributed by atoms with Crippen LogP contribution in [0.25, 0.3) is 10.9 Å². The minimum Gasteiger partial charge on any atom is -0.346 e. The lowest BCUT2D eigenvalue weighted by molar-refractivity contribution is 0.670. The zero-order chi connectivity index (χ0) is 9.10. The van der Waals surface area contributed by atoms with Gasteiger partial charge in [-0.3, -0.25) is 4.98 Å².